The van der Waals surface area contributed by atoms with Crippen molar-refractivity contribution in [3.05, 3.63) is 76.2 Å². The molecule has 1 aliphatic rings. The van der Waals surface area contributed by atoms with Crippen molar-refractivity contribution >= 4 is 33.5 Å². The first kappa shape index (κ1) is 18.2. The molecule has 8 heteroatoms. The summed E-state index contributed by atoms with van der Waals surface area (Å²) in [6.07, 6.45) is 1.47. The number of benzene rings is 2. The first-order valence-corrected chi connectivity index (χ1v) is 9.45. The number of nitrogens with one attached hydrogen (secondary N) is 2. The Kier molecular flexibility index (Phi) is 4.87. The highest BCUT2D eigenvalue weighted by molar-refractivity contribution is 9.10. The van der Waals surface area contributed by atoms with E-state index in [9.17, 15) is 4.79 Å². The number of hydrogen-bond donors (Lipinski definition) is 2. The summed E-state index contributed by atoms with van der Waals surface area (Å²) in [5.41, 5.74) is 2.81. The van der Waals surface area contributed by atoms with Crippen molar-refractivity contribution in [3.63, 3.8) is 0 Å². The van der Waals surface area contributed by atoms with Crippen molar-refractivity contribution in [2.24, 2.45) is 0 Å². The number of carbonyl (C=O) groups is 1. The van der Waals surface area contributed by atoms with Crippen LogP contribution in [0, 0.1) is 0 Å². The normalized spacial score (nSPS) is 15.6. The van der Waals surface area contributed by atoms with Crippen LogP contribution in [0.5, 0.6) is 5.75 Å². The van der Waals surface area contributed by atoms with Crippen molar-refractivity contribution in [1.29, 1.82) is 0 Å². The van der Waals surface area contributed by atoms with E-state index >= 15 is 0 Å². The Morgan fingerprint density at radius 3 is 2.86 bits per heavy atom. The van der Waals surface area contributed by atoms with Gasteiger partial charge in [-0.25, -0.2) is 4.68 Å². The number of hydrogen-bond acceptors (Lipinski definition) is 5. The molecule has 1 aromatic heterocycles. The number of fused-ring (bicyclic) bond motifs is 1. The fourth-order valence-corrected chi connectivity index (χ4v) is 3.72. The van der Waals surface area contributed by atoms with Gasteiger partial charge in [0.15, 0.2) is 0 Å². The second kappa shape index (κ2) is 7.47. The average molecular weight is 440 g/mol. The van der Waals surface area contributed by atoms with Crippen LogP contribution in [-0.4, -0.2) is 27.8 Å². The standard InChI is InChI=1S/C20H18BrN5O2/c1-12-17(19(27)25-15-8-3-4-9-16(15)28-2)18(13-6-5-7-14(21)10-13)26-20(24-12)22-11-23-26/h3-11,18H,1-2H3,(H,25,27)(H,22,23,24). The van der Waals surface area contributed by atoms with Gasteiger partial charge in [-0.2, -0.15) is 10.1 Å². The lowest BCUT2D eigenvalue weighted by Crippen LogP contribution is -2.31. The number of ether oxygens (including phenoxy) is 1. The van der Waals surface area contributed by atoms with Crippen molar-refractivity contribution in [2.45, 2.75) is 13.0 Å². The highest BCUT2D eigenvalue weighted by Gasteiger charge is 2.33. The number of anilines is 2. The molecule has 2 N–H and O–H groups in total. The van der Waals surface area contributed by atoms with Crippen molar-refractivity contribution in [3.8, 4) is 5.75 Å². The maximum absolute atomic E-state index is 13.3. The van der Waals surface area contributed by atoms with Gasteiger partial charge in [0.1, 0.15) is 18.1 Å². The molecule has 1 amide bonds. The maximum Gasteiger partial charge on any atom is 0.255 e. The molecule has 2 heterocycles. The Morgan fingerprint density at radius 2 is 2.07 bits per heavy atom. The third kappa shape index (κ3) is 3.27. The maximum atomic E-state index is 13.3. The molecular formula is C20H18BrN5O2. The fraction of sp³-hybridized carbons (Fsp3) is 0.150. The van der Waals surface area contributed by atoms with Gasteiger partial charge < -0.3 is 15.4 Å². The van der Waals surface area contributed by atoms with Crippen LogP contribution in [0.2, 0.25) is 0 Å². The number of amides is 1. The van der Waals surface area contributed by atoms with E-state index in [0.717, 1.165) is 15.7 Å². The third-order valence-corrected chi connectivity index (χ3v) is 5.05. The zero-order valence-electron chi connectivity index (χ0n) is 15.3. The smallest absolute Gasteiger partial charge is 0.255 e. The molecule has 142 valence electrons. The summed E-state index contributed by atoms with van der Waals surface area (Å²) in [4.78, 5) is 17.6. The van der Waals surface area contributed by atoms with Gasteiger partial charge in [-0.05, 0) is 36.8 Å². The highest BCUT2D eigenvalue weighted by atomic mass is 79.9. The van der Waals surface area contributed by atoms with E-state index in [2.05, 4.69) is 36.6 Å². The zero-order valence-corrected chi connectivity index (χ0v) is 16.9. The molecule has 0 saturated heterocycles. The van der Waals surface area contributed by atoms with Gasteiger partial charge in [0.05, 0.1) is 18.4 Å². The number of nitrogens with zero attached hydrogens (tertiary/aromatic N) is 3. The van der Waals surface area contributed by atoms with E-state index in [1.807, 2.05) is 43.3 Å². The lowest BCUT2D eigenvalue weighted by Gasteiger charge is -2.29. The van der Waals surface area contributed by atoms with Crippen LogP contribution in [0.1, 0.15) is 18.5 Å². The van der Waals surface area contributed by atoms with Gasteiger partial charge in [-0.15, -0.1) is 0 Å². The minimum Gasteiger partial charge on any atom is -0.495 e. The molecule has 0 aliphatic carbocycles. The van der Waals surface area contributed by atoms with Crippen molar-refractivity contribution < 1.29 is 9.53 Å². The van der Waals surface area contributed by atoms with Crippen LogP contribution in [0.15, 0.2) is 70.6 Å². The number of para-hydroxylation sites is 2. The predicted molar refractivity (Wildman–Crippen MR) is 110 cm³/mol. The van der Waals surface area contributed by atoms with E-state index in [0.29, 0.717) is 23.0 Å². The number of rotatable bonds is 4. The summed E-state index contributed by atoms with van der Waals surface area (Å²) in [6.45, 7) is 1.86. The van der Waals surface area contributed by atoms with Crippen LogP contribution in [0.25, 0.3) is 0 Å². The first-order chi connectivity index (χ1) is 13.6. The highest BCUT2D eigenvalue weighted by Crippen LogP contribution is 2.36. The molecule has 4 rings (SSSR count). The quantitative estimate of drug-likeness (QED) is 0.642. The molecule has 7 nitrogen and oxygen atoms in total. The molecule has 3 aromatic rings. The SMILES string of the molecule is COc1ccccc1NC(=O)C1=C(C)Nc2ncnn2C1c1cccc(Br)c1. The summed E-state index contributed by atoms with van der Waals surface area (Å²) < 4.78 is 7.99. The molecule has 0 radical (unpaired) electrons. The number of carbonyl (C=O) groups excluding carboxylic acids is 1. The topological polar surface area (TPSA) is 81.1 Å². The van der Waals surface area contributed by atoms with E-state index in [-0.39, 0.29) is 5.91 Å². The van der Waals surface area contributed by atoms with E-state index in [4.69, 9.17) is 4.74 Å². The van der Waals surface area contributed by atoms with Gasteiger partial charge in [-0.3, -0.25) is 4.79 Å². The van der Waals surface area contributed by atoms with Crippen LogP contribution in [-0.2, 0) is 4.79 Å². The summed E-state index contributed by atoms with van der Waals surface area (Å²) in [6, 6.07) is 14.7. The third-order valence-electron chi connectivity index (χ3n) is 4.56. The van der Waals surface area contributed by atoms with Crippen LogP contribution in [0.3, 0.4) is 0 Å². The molecule has 2 aromatic carbocycles. The summed E-state index contributed by atoms with van der Waals surface area (Å²) in [5.74, 6) is 0.954. The Balaban J connectivity index is 1.77. The molecule has 28 heavy (non-hydrogen) atoms. The largest absolute Gasteiger partial charge is 0.495 e. The first-order valence-electron chi connectivity index (χ1n) is 8.65. The van der Waals surface area contributed by atoms with E-state index in [1.165, 1.54) is 6.33 Å². The molecular weight excluding hydrogens is 422 g/mol. The molecule has 0 saturated carbocycles. The average Bonchev–Trinajstić information content (AvgIpc) is 3.15. The number of allylic oxidation sites excluding steroid dienone is 1. The number of methoxy groups -OCH3 is 1. The molecule has 1 aliphatic heterocycles. The lowest BCUT2D eigenvalue weighted by molar-refractivity contribution is -0.113. The molecule has 0 bridgehead atoms. The molecule has 0 spiro atoms. The number of halogens is 1. The summed E-state index contributed by atoms with van der Waals surface area (Å²) in [7, 11) is 1.57. The Hall–Kier alpha value is -3.13. The lowest BCUT2D eigenvalue weighted by atomic mass is 9.95. The fourth-order valence-electron chi connectivity index (χ4n) is 3.31. The van der Waals surface area contributed by atoms with Gasteiger partial charge in [0, 0.05) is 10.2 Å². The van der Waals surface area contributed by atoms with Gasteiger partial charge in [0.25, 0.3) is 5.91 Å². The second-order valence-corrected chi connectivity index (χ2v) is 7.22. The predicted octanol–water partition coefficient (Wildman–Crippen LogP) is 3.98. The van der Waals surface area contributed by atoms with Crippen molar-refractivity contribution in [1.82, 2.24) is 14.8 Å². The zero-order chi connectivity index (χ0) is 19.7. The molecule has 0 fully saturated rings. The van der Waals surface area contributed by atoms with Gasteiger partial charge >= 0.3 is 0 Å². The van der Waals surface area contributed by atoms with Gasteiger partial charge in [-0.1, -0.05) is 40.2 Å². The second-order valence-electron chi connectivity index (χ2n) is 6.30. The van der Waals surface area contributed by atoms with E-state index < -0.39 is 6.04 Å². The number of aromatic nitrogens is 3. The van der Waals surface area contributed by atoms with Crippen LogP contribution in [0.4, 0.5) is 11.6 Å². The van der Waals surface area contributed by atoms with Crippen molar-refractivity contribution in [2.75, 3.05) is 17.7 Å². The minimum absolute atomic E-state index is 0.236. The van der Waals surface area contributed by atoms with Crippen LogP contribution >= 0.6 is 15.9 Å². The minimum atomic E-state index is -0.411. The van der Waals surface area contributed by atoms with Gasteiger partial charge in [0.2, 0.25) is 5.95 Å². The molecule has 1 unspecified atom stereocenters. The summed E-state index contributed by atoms with van der Waals surface area (Å²) in [5, 5.41) is 10.5. The molecule has 1 atom stereocenters. The Bertz CT molecular complexity index is 1080. The van der Waals surface area contributed by atoms with E-state index in [1.54, 1.807) is 23.9 Å². The van der Waals surface area contributed by atoms with Crippen LogP contribution < -0.4 is 15.4 Å². The monoisotopic (exact) mass is 439 g/mol. The Morgan fingerprint density at radius 1 is 1.25 bits per heavy atom. The summed E-state index contributed by atoms with van der Waals surface area (Å²) >= 11 is 3.51. The Labute approximate surface area is 170 Å².